The van der Waals surface area contributed by atoms with Gasteiger partial charge in [0.25, 0.3) is 0 Å². The van der Waals surface area contributed by atoms with Crippen molar-refractivity contribution in [2.24, 2.45) is 5.92 Å². The fourth-order valence-corrected chi connectivity index (χ4v) is 2.03. The molecule has 2 atom stereocenters. The molecule has 4 nitrogen and oxygen atoms in total. The van der Waals surface area contributed by atoms with Gasteiger partial charge < -0.3 is 14.9 Å². The molecule has 0 aliphatic heterocycles. The Balaban J connectivity index is 4.06. The second kappa shape index (κ2) is 12.4. The molecular formula is C15H30O4. The van der Waals surface area contributed by atoms with Crippen LogP contribution in [0.15, 0.2) is 0 Å². The average Bonchev–Trinajstić information content (AvgIpc) is 2.39. The first-order chi connectivity index (χ1) is 9.17. The van der Waals surface area contributed by atoms with Crippen LogP contribution in [-0.4, -0.2) is 35.5 Å². The summed E-state index contributed by atoms with van der Waals surface area (Å²) >= 11 is 0. The Morgan fingerprint density at radius 2 is 1.74 bits per heavy atom. The number of esters is 1. The SMILES string of the molecule is CCCCCCOC(=O)C(CCCC)C(O)CCO. The minimum Gasteiger partial charge on any atom is -0.465 e. The highest BCUT2D eigenvalue weighted by Gasteiger charge is 2.27. The quantitative estimate of drug-likeness (QED) is 0.424. The number of carbonyl (C=O) groups is 1. The molecular weight excluding hydrogens is 244 g/mol. The lowest BCUT2D eigenvalue weighted by Gasteiger charge is -2.20. The minimum absolute atomic E-state index is 0.104. The van der Waals surface area contributed by atoms with E-state index >= 15 is 0 Å². The molecule has 0 aromatic heterocycles. The predicted molar refractivity (Wildman–Crippen MR) is 75.8 cm³/mol. The number of unbranched alkanes of at least 4 members (excludes halogenated alkanes) is 4. The molecule has 114 valence electrons. The molecule has 4 heteroatoms. The molecule has 2 unspecified atom stereocenters. The van der Waals surface area contributed by atoms with Crippen molar-refractivity contribution in [2.45, 2.75) is 71.3 Å². The molecule has 2 N–H and O–H groups in total. The van der Waals surface area contributed by atoms with Crippen LogP contribution in [-0.2, 0) is 9.53 Å². The molecule has 0 spiro atoms. The van der Waals surface area contributed by atoms with Gasteiger partial charge in [-0.15, -0.1) is 0 Å². The topological polar surface area (TPSA) is 66.8 Å². The van der Waals surface area contributed by atoms with Crippen molar-refractivity contribution in [3.63, 3.8) is 0 Å². The highest BCUT2D eigenvalue weighted by atomic mass is 16.5. The van der Waals surface area contributed by atoms with E-state index in [-0.39, 0.29) is 19.0 Å². The maximum atomic E-state index is 11.9. The van der Waals surface area contributed by atoms with Crippen LogP contribution in [0, 0.1) is 5.92 Å². The van der Waals surface area contributed by atoms with Gasteiger partial charge >= 0.3 is 5.97 Å². The number of aliphatic hydroxyl groups excluding tert-OH is 2. The summed E-state index contributed by atoms with van der Waals surface area (Å²) in [7, 11) is 0. The summed E-state index contributed by atoms with van der Waals surface area (Å²) in [5.74, 6) is -0.802. The largest absolute Gasteiger partial charge is 0.465 e. The van der Waals surface area contributed by atoms with E-state index in [0.717, 1.165) is 38.5 Å². The smallest absolute Gasteiger partial charge is 0.311 e. The van der Waals surface area contributed by atoms with Gasteiger partial charge in [-0.25, -0.2) is 0 Å². The lowest BCUT2D eigenvalue weighted by molar-refractivity contribution is -0.153. The van der Waals surface area contributed by atoms with Crippen molar-refractivity contribution in [3.05, 3.63) is 0 Å². The van der Waals surface area contributed by atoms with Gasteiger partial charge in [0.15, 0.2) is 0 Å². The number of aliphatic hydroxyl groups is 2. The van der Waals surface area contributed by atoms with Gasteiger partial charge in [0.05, 0.1) is 18.6 Å². The number of rotatable bonds is 12. The maximum Gasteiger partial charge on any atom is 0.311 e. The van der Waals surface area contributed by atoms with Crippen molar-refractivity contribution in [3.8, 4) is 0 Å². The van der Waals surface area contributed by atoms with Gasteiger partial charge in [-0.1, -0.05) is 46.0 Å². The van der Waals surface area contributed by atoms with Crippen molar-refractivity contribution >= 4 is 5.97 Å². The third-order valence-electron chi connectivity index (χ3n) is 3.30. The van der Waals surface area contributed by atoms with Gasteiger partial charge in [0.1, 0.15) is 0 Å². The Labute approximate surface area is 117 Å². The lowest BCUT2D eigenvalue weighted by Crippen LogP contribution is -2.31. The first-order valence-electron chi connectivity index (χ1n) is 7.62. The fourth-order valence-electron chi connectivity index (χ4n) is 2.03. The Morgan fingerprint density at radius 1 is 1.05 bits per heavy atom. The zero-order chi connectivity index (χ0) is 14.5. The molecule has 0 amide bonds. The molecule has 0 saturated heterocycles. The molecule has 19 heavy (non-hydrogen) atoms. The number of ether oxygens (including phenoxy) is 1. The molecule has 0 aromatic rings. The van der Waals surface area contributed by atoms with Crippen LogP contribution in [0.2, 0.25) is 0 Å². The monoisotopic (exact) mass is 274 g/mol. The highest BCUT2D eigenvalue weighted by molar-refractivity contribution is 5.73. The van der Waals surface area contributed by atoms with Crippen molar-refractivity contribution in [1.82, 2.24) is 0 Å². The first-order valence-corrected chi connectivity index (χ1v) is 7.62. The highest BCUT2D eigenvalue weighted by Crippen LogP contribution is 2.18. The van der Waals surface area contributed by atoms with E-state index in [1.807, 2.05) is 6.92 Å². The van der Waals surface area contributed by atoms with Crippen LogP contribution in [0.5, 0.6) is 0 Å². The zero-order valence-electron chi connectivity index (χ0n) is 12.4. The van der Waals surface area contributed by atoms with E-state index < -0.39 is 12.0 Å². The molecule has 0 radical (unpaired) electrons. The number of carbonyl (C=O) groups excluding carboxylic acids is 1. The third kappa shape index (κ3) is 9.00. The van der Waals surface area contributed by atoms with Crippen LogP contribution < -0.4 is 0 Å². The molecule has 0 heterocycles. The Morgan fingerprint density at radius 3 is 2.32 bits per heavy atom. The summed E-state index contributed by atoms with van der Waals surface area (Å²) in [5.41, 5.74) is 0. The Kier molecular flexibility index (Phi) is 12.0. The molecule has 0 aromatic carbocycles. The molecule has 0 aliphatic rings. The normalized spacial score (nSPS) is 14.1. The van der Waals surface area contributed by atoms with Crippen LogP contribution >= 0.6 is 0 Å². The van der Waals surface area contributed by atoms with E-state index in [2.05, 4.69) is 6.92 Å². The van der Waals surface area contributed by atoms with Crippen molar-refractivity contribution in [2.75, 3.05) is 13.2 Å². The van der Waals surface area contributed by atoms with E-state index in [1.165, 1.54) is 0 Å². The number of hydrogen-bond donors (Lipinski definition) is 2. The minimum atomic E-state index is -0.792. The van der Waals surface area contributed by atoms with Gasteiger partial charge in [-0.05, 0) is 19.3 Å². The van der Waals surface area contributed by atoms with Crippen LogP contribution in [0.3, 0.4) is 0 Å². The van der Waals surface area contributed by atoms with Crippen LogP contribution in [0.25, 0.3) is 0 Å². The molecule has 0 rings (SSSR count). The summed E-state index contributed by atoms with van der Waals surface area (Å²) in [4.78, 5) is 11.9. The maximum absolute atomic E-state index is 11.9. The molecule has 0 bridgehead atoms. The summed E-state index contributed by atoms with van der Waals surface area (Å²) in [6.45, 7) is 4.52. The van der Waals surface area contributed by atoms with E-state index in [0.29, 0.717) is 13.0 Å². The van der Waals surface area contributed by atoms with Crippen LogP contribution in [0.1, 0.15) is 65.2 Å². The van der Waals surface area contributed by atoms with E-state index in [4.69, 9.17) is 9.84 Å². The standard InChI is InChI=1S/C15H30O4/c1-3-5-7-8-12-19-15(18)13(9-6-4-2)14(17)10-11-16/h13-14,16-17H,3-12H2,1-2H3. The summed E-state index contributed by atoms with van der Waals surface area (Å²) < 4.78 is 5.23. The van der Waals surface area contributed by atoms with E-state index in [1.54, 1.807) is 0 Å². The molecule has 0 fully saturated rings. The third-order valence-corrected chi connectivity index (χ3v) is 3.30. The fraction of sp³-hybridized carbons (Fsp3) is 0.933. The molecule has 0 saturated carbocycles. The van der Waals surface area contributed by atoms with Gasteiger partial charge in [-0.2, -0.15) is 0 Å². The van der Waals surface area contributed by atoms with Gasteiger partial charge in [0.2, 0.25) is 0 Å². The second-order valence-electron chi connectivity index (χ2n) is 5.06. The summed E-state index contributed by atoms with van der Waals surface area (Å²) in [6, 6.07) is 0. The molecule has 0 aliphatic carbocycles. The van der Waals surface area contributed by atoms with Gasteiger partial charge in [-0.3, -0.25) is 4.79 Å². The first kappa shape index (κ1) is 18.4. The number of hydrogen-bond acceptors (Lipinski definition) is 4. The zero-order valence-corrected chi connectivity index (χ0v) is 12.4. The summed E-state index contributed by atoms with van der Waals surface area (Å²) in [6.07, 6.45) is 6.21. The van der Waals surface area contributed by atoms with E-state index in [9.17, 15) is 9.90 Å². The average molecular weight is 274 g/mol. The predicted octanol–water partition coefficient (Wildman–Crippen LogP) is 2.66. The Bertz CT molecular complexity index is 218. The Hall–Kier alpha value is -0.610. The van der Waals surface area contributed by atoms with Crippen molar-refractivity contribution in [1.29, 1.82) is 0 Å². The van der Waals surface area contributed by atoms with Gasteiger partial charge in [0, 0.05) is 6.61 Å². The second-order valence-corrected chi connectivity index (χ2v) is 5.06. The lowest BCUT2D eigenvalue weighted by atomic mass is 9.94. The van der Waals surface area contributed by atoms with Crippen molar-refractivity contribution < 1.29 is 19.7 Å². The van der Waals surface area contributed by atoms with Crippen LogP contribution in [0.4, 0.5) is 0 Å². The summed E-state index contributed by atoms with van der Waals surface area (Å²) in [5, 5.41) is 18.7.